The van der Waals surface area contributed by atoms with Crippen LogP contribution in [0.4, 0.5) is 4.79 Å². The molecule has 11 nitrogen and oxygen atoms in total. The van der Waals surface area contributed by atoms with Crippen molar-refractivity contribution in [1.29, 1.82) is 0 Å². The molecule has 0 aromatic rings. The Morgan fingerprint density at radius 2 is 1.61 bits per heavy atom. The third-order valence-electron chi connectivity index (χ3n) is 8.39. The minimum atomic E-state index is -0.805. The zero-order chi connectivity index (χ0) is 34.6. The van der Waals surface area contributed by atoms with Crippen LogP contribution in [0.25, 0.3) is 0 Å². The van der Waals surface area contributed by atoms with Gasteiger partial charge < -0.3 is 25.6 Å². The molecule has 4 amide bonds. The molecule has 0 aromatic carbocycles. The number of amides is 4. The Morgan fingerprint density at radius 1 is 0.935 bits per heavy atom. The number of rotatable bonds is 16. The molecule has 0 spiro atoms. The molecule has 3 N–H and O–H groups in total. The van der Waals surface area contributed by atoms with Gasteiger partial charge in [-0.15, -0.1) is 0 Å². The van der Waals surface area contributed by atoms with Crippen LogP contribution in [0.3, 0.4) is 0 Å². The number of Topliss-reactive ketones (excluding diaryl/α,β-unsaturated/α-hetero) is 2. The topological polar surface area (TPSA) is 151 Å². The average molecular weight is 643 g/mol. The van der Waals surface area contributed by atoms with E-state index < -0.39 is 18.2 Å². The van der Waals surface area contributed by atoms with Crippen LogP contribution in [-0.4, -0.2) is 77.6 Å². The number of nitrogens with one attached hydrogen (secondary N) is 3. The monoisotopic (exact) mass is 642 g/mol. The summed E-state index contributed by atoms with van der Waals surface area (Å²) < 4.78 is 4.99. The van der Waals surface area contributed by atoms with E-state index in [1.54, 1.807) is 44.7 Å². The van der Waals surface area contributed by atoms with Gasteiger partial charge >= 0.3 is 6.09 Å². The smallest absolute Gasteiger partial charge is 0.407 e. The van der Waals surface area contributed by atoms with Gasteiger partial charge in [-0.05, 0) is 86.0 Å². The minimum absolute atomic E-state index is 0.0742. The SMILES string of the molecule is CCOC(=O)NC(/C=C/CC(=O)N1CCCC1C(=O)NC(CCCCC1=C(C)C(=O)C(C)=C(C)C1=O)C(=O)NC(C)C)CC(C)C. The molecule has 0 aromatic heterocycles. The normalized spacial score (nSPS) is 18.5. The second-order valence-corrected chi connectivity index (χ2v) is 13.0. The maximum absolute atomic E-state index is 13.5. The van der Waals surface area contributed by atoms with Crippen LogP contribution in [0.5, 0.6) is 0 Å². The molecule has 1 heterocycles. The Balaban J connectivity index is 2.03. The quantitative estimate of drug-likeness (QED) is 0.128. The Kier molecular flexibility index (Phi) is 15.4. The first kappa shape index (κ1) is 38.4. The first-order chi connectivity index (χ1) is 21.7. The standard InChI is InChI=1S/C35H54N4O7/c1-9-46-35(45)37-26(20-21(2)3)14-12-18-30(40)39-19-13-17-29(39)34(44)38-28(33(43)36-22(4)5)16-11-10-15-27-25(8)31(41)23(6)24(7)32(27)42/h12,14,21-22,26,28-29H,9-11,13,15-20H2,1-8H3,(H,36,43)(H,37,45)(H,38,44)/b14-12+. The lowest BCUT2D eigenvalue weighted by Gasteiger charge is -2.27. The van der Waals surface area contributed by atoms with Crippen molar-refractivity contribution in [1.82, 2.24) is 20.9 Å². The lowest BCUT2D eigenvalue weighted by atomic mass is 9.84. The molecule has 1 aliphatic carbocycles. The lowest BCUT2D eigenvalue weighted by Crippen LogP contribution is -2.53. The maximum atomic E-state index is 13.5. The van der Waals surface area contributed by atoms with Gasteiger partial charge in [-0.1, -0.05) is 32.4 Å². The third kappa shape index (κ3) is 11.2. The van der Waals surface area contributed by atoms with Gasteiger partial charge in [0.1, 0.15) is 12.1 Å². The van der Waals surface area contributed by atoms with Crippen LogP contribution in [0, 0.1) is 5.92 Å². The fraction of sp³-hybridized carbons (Fsp3) is 0.657. The highest BCUT2D eigenvalue weighted by Gasteiger charge is 2.35. The summed E-state index contributed by atoms with van der Waals surface area (Å²) in [5.41, 5.74) is 1.95. The van der Waals surface area contributed by atoms with Crippen molar-refractivity contribution in [3.05, 3.63) is 34.4 Å². The molecular weight excluding hydrogens is 588 g/mol. The number of unbranched alkanes of at least 4 members (excludes halogenated alkanes) is 1. The fourth-order valence-electron chi connectivity index (χ4n) is 5.83. The number of alkyl carbamates (subject to hydrolysis) is 1. The van der Waals surface area contributed by atoms with Gasteiger partial charge in [-0.2, -0.15) is 0 Å². The van der Waals surface area contributed by atoms with E-state index in [-0.39, 0.29) is 54.4 Å². The summed E-state index contributed by atoms with van der Waals surface area (Å²) in [5, 5.41) is 8.56. The van der Waals surface area contributed by atoms with Gasteiger partial charge in [0.15, 0.2) is 11.6 Å². The van der Waals surface area contributed by atoms with Crippen molar-refractivity contribution in [3.8, 4) is 0 Å². The minimum Gasteiger partial charge on any atom is -0.450 e. The van der Waals surface area contributed by atoms with Crippen molar-refractivity contribution in [3.63, 3.8) is 0 Å². The molecule has 11 heteroatoms. The number of allylic oxidation sites excluding steroid dienone is 4. The summed E-state index contributed by atoms with van der Waals surface area (Å²) in [7, 11) is 0. The summed E-state index contributed by atoms with van der Waals surface area (Å²) in [5.74, 6) is -0.784. The number of hydrogen-bond donors (Lipinski definition) is 3. The van der Waals surface area contributed by atoms with Crippen LogP contribution in [0.15, 0.2) is 34.4 Å². The van der Waals surface area contributed by atoms with Crippen LogP contribution >= 0.6 is 0 Å². The number of carbonyl (C=O) groups excluding carboxylic acids is 6. The molecular formula is C35H54N4O7. The summed E-state index contributed by atoms with van der Waals surface area (Å²) in [4.78, 5) is 78.5. The maximum Gasteiger partial charge on any atom is 0.407 e. The van der Waals surface area contributed by atoms with E-state index in [0.29, 0.717) is 79.7 Å². The fourth-order valence-corrected chi connectivity index (χ4v) is 5.83. The Labute approximate surface area is 274 Å². The van der Waals surface area contributed by atoms with Gasteiger partial charge in [0.25, 0.3) is 0 Å². The largest absolute Gasteiger partial charge is 0.450 e. The molecule has 46 heavy (non-hydrogen) atoms. The zero-order valence-electron chi connectivity index (χ0n) is 28.9. The molecule has 3 unspecified atom stereocenters. The number of hydrogen-bond acceptors (Lipinski definition) is 7. The highest BCUT2D eigenvalue weighted by molar-refractivity contribution is 6.24. The molecule has 1 saturated heterocycles. The molecule has 2 rings (SSSR count). The van der Waals surface area contributed by atoms with E-state index in [1.165, 1.54) is 0 Å². The number of nitrogens with zero attached hydrogens (tertiary/aromatic N) is 1. The van der Waals surface area contributed by atoms with Crippen LogP contribution in [-0.2, 0) is 28.7 Å². The van der Waals surface area contributed by atoms with E-state index in [4.69, 9.17) is 4.74 Å². The molecule has 256 valence electrons. The first-order valence-electron chi connectivity index (χ1n) is 16.6. The van der Waals surface area contributed by atoms with E-state index in [2.05, 4.69) is 16.0 Å². The Bertz CT molecular complexity index is 1250. The zero-order valence-corrected chi connectivity index (χ0v) is 28.9. The number of ether oxygens (including phenoxy) is 1. The van der Waals surface area contributed by atoms with Crippen molar-refractivity contribution in [2.45, 2.75) is 131 Å². The van der Waals surface area contributed by atoms with Crippen molar-refractivity contribution in [2.24, 2.45) is 5.92 Å². The highest BCUT2D eigenvalue weighted by atomic mass is 16.5. The van der Waals surface area contributed by atoms with E-state index in [0.717, 1.165) is 0 Å². The molecule has 0 bridgehead atoms. The van der Waals surface area contributed by atoms with Gasteiger partial charge in [0.2, 0.25) is 17.7 Å². The van der Waals surface area contributed by atoms with Crippen molar-refractivity contribution >= 4 is 35.4 Å². The predicted octanol–water partition coefficient (Wildman–Crippen LogP) is 4.46. The summed E-state index contributed by atoms with van der Waals surface area (Å²) in [6, 6.07) is -1.90. The highest BCUT2D eigenvalue weighted by Crippen LogP contribution is 2.28. The van der Waals surface area contributed by atoms with Gasteiger partial charge in [-0.25, -0.2) is 4.79 Å². The van der Waals surface area contributed by atoms with Crippen molar-refractivity contribution in [2.75, 3.05) is 13.2 Å². The molecule has 2 aliphatic rings. The van der Waals surface area contributed by atoms with E-state index in [9.17, 15) is 28.8 Å². The van der Waals surface area contributed by atoms with Gasteiger partial charge in [0, 0.05) is 41.3 Å². The molecule has 1 aliphatic heterocycles. The predicted molar refractivity (Wildman–Crippen MR) is 177 cm³/mol. The molecule has 1 fully saturated rings. The summed E-state index contributed by atoms with van der Waals surface area (Å²) in [6.07, 6.45) is 6.80. The number of ketones is 2. The molecule has 0 radical (unpaired) electrons. The Hall–Kier alpha value is -3.76. The van der Waals surface area contributed by atoms with Crippen LogP contribution < -0.4 is 16.0 Å². The van der Waals surface area contributed by atoms with Gasteiger partial charge in [-0.3, -0.25) is 24.0 Å². The molecule has 0 saturated carbocycles. The van der Waals surface area contributed by atoms with Crippen molar-refractivity contribution < 1.29 is 33.5 Å². The van der Waals surface area contributed by atoms with Gasteiger partial charge in [0.05, 0.1) is 12.6 Å². The van der Waals surface area contributed by atoms with E-state index in [1.807, 2.05) is 27.7 Å². The second kappa shape index (κ2) is 18.4. The summed E-state index contributed by atoms with van der Waals surface area (Å²) in [6.45, 7) is 15.2. The second-order valence-electron chi connectivity index (χ2n) is 13.0. The average Bonchev–Trinajstić information content (AvgIpc) is 3.48. The van der Waals surface area contributed by atoms with Crippen LogP contribution in [0.1, 0.15) is 107 Å². The molecule has 3 atom stereocenters. The van der Waals surface area contributed by atoms with E-state index >= 15 is 0 Å². The van der Waals surface area contributed by atoms with Crippen LogP contribution in [0.2, 0.25) is 0 Å². The lowest BCUT2D eigenvalue weighted by molar-refractivity contribution is -0.139. The summed E-state index contributed by atoms with van der Waals surface area (Å²) >= 11 is 0. The number of likely N-dealkylation sites (tertiary alicyclic amines) is 1. The number of carbonyl (C=O) groups is 6. The Morgan fingerprint density at radius 3 is 2.24 bits per heavy atom. The first-order valence-corrected chi connectivity index (χ1v) is 16.6. The third-order valence-corrected chi connectivity index (χ3v) is 8.39.